The molecule has 2 atom stereocenters. The van der Waals surface area contributed by atoms with Crippen LogP contribution < -0.4 is 11.1 Å². The van der Waals surface area contributed by atoms with Crippen LogP contribution in [0.25, 0.3) is 0 Å². The van der Waals surface area contributed by atoms with Crippen molar-refractivity contribution >= 4 is 5.96 Å². The fourth-order valence-electron chi connectivity index (χ4n) is 3.78. The lowest BCUT2D eigenvalue weighted by Gasteiger charge is -2.29. The monoisotopic (exact) mass is 345 g/mol. The van der Waals surface area contributed by atoms with E-state index in [0.717, 1.165) is 26.2 Å². The fraction of sp³-hybridized carbons (Fsp3) is 0.650. The van der Waals surface area contributed by atoms with Gasteiger partial charge in [0.2, 0.25) is 0 Å². The molecule has 0 saturated carbocycles. The first-order chi connectivity index (χ1) is 12.2. The maximum Gasteiger partial charge on any atom is 0.188 e. The molecule has 1 aromatic carbocycles. The van der Waals surface area contributed by atoms with Gasteiger partial charge in [-0.3, -0.25) is 14.8 Å². The second-order valence-corrected chi connectivity index (χ2v) is 6.68. The number of likely N-dealkylation sites (N-methyl/N-ethyl adjacent to an activating group) is 2. The molecule has 0 amide bonds. The molecule has 1 heterocycles. The van der Waals surface area contributed by atoms with Crippen LogP contribution in [0.3, 0.4) is 0 Å². The van der Waals surface area contributed by atoms with Gasteiger partial charge in [-0.25, -0.2) is 0 Å². The summed E-state index contributed by atoms with van der Waals surface area (Å²) in [4.78, 5) is 9.60. The molecule has 1 fully saturated rings. The second-order valence-electron chi connectivity index (χ2n) is 6.68. The minimum Gasteiger partial charge on any atom is -0.370 e. The molecular weight excluding hydrogens is 310 g/mol. The molecule has 1 aromatic rings. The molecule has 5 heteroatoms. The molecular formula is C20H35N5. The summed E-state index contributed by atoms with van der Waals surface area (Å²) in [6.45, 7) is 12.5. The molecule has 0 radical (unpaired) electrons. The zero-order valence-electron chi connectivity index (χ0n) is 16.1. The molecule has 0 aromatic heterocycles. The van der Waals surface area contributed by atoms with Crippen molar-refractivity contribution < 1.29 is 0 Å². The Morgan fingerprint density at radius 1 is 1.28 bits per heavy atom. The number of hydrogen-bond donors (Lipinski definition) is 2. The van der Waals surface area contributed by atoms with Gasteiger partial charge >= 0.3 is 0 Å². The second kappa shape index (κ2) is 10.4. The predicted molar refractivity (Wildman–Crippen MR) is 107 cm³/mol. The Bertz CT molecular complexity index is 512. The molecule has 3 N–H and O–H groups in total. The van der Waals surface area contributed by atoms with Crippen molar-refractivity contribution in [3.05, 3.63) is 35.9 Å². The third kappa shape index (κ3) is 5.72. The van der Waals surface area contributed by atoms with Crippen molar-refractivity contribution in [1.29, 1.82) is 0 Å². The number of aliphatic imine (C=N–C) groups is 1. The SMILES string of the molecule is CCN1CCCC1CNC(N)=NCC(c1ccccc1)N(CC)CC. The van der Waals surface area contributed by atoms with Gasteiger partial charge in [-0.05, 0) is 44.6 Å². The first-order valence-electron chi connectivity index (χ1n) is 9.76. The van der Waals surface area contributed by atoms with Crippen LogP contribution in [-0.2, 0) is 0 Å². The van der Waals surface area contributed by atoms with Crippen molar-refractivity contribution in [1.82, 2.24) is 15.1 Å². The van der Waals surface area contributed by atoms with Crippen LogP contribution in [-0.4, -0.2) is 61.1 Å². The third-order valence-corrected chi connectivity index (χ3v) is 5.30. The summed E-state index contributed by atoms with van der Waals surface area (Å²) in [5.41, 5.74) is 7.45. The highest BCUT2D eigenvalue weighted by Gasteiger charge is 2.22. The lowest BCUT2D eigenvalue weighted by molar-refractivity contribution is 0.224. The van der Waals surface area contributed by atoms with E-state index < -0.39 is 0 Å². The third-order valence-electron chi connectivity index (χ3n) is 5.30. The Morgan fingerprint density at radius 2 is 2.00 bits per heavy atom. The Kier molecular flexibility index (Phi) is 8.22. The van der Waals surface area contributed by atoms with E-state index in [1.165, 1.54) is 24.9 Å². The summed E-state index contributed by atoms with van der Waals surface area (Å²) in [6.07, 6.45) is 2.54. The zero-order valence-corrected chi connectivity index (χ0v) is 16.1. The van der Waals surface area contributed by atoms with Gasteiger partial charge < -0.3 is 11.1 Å². The molecule has 2 unspecified atom stereocenters. The normalized spacial score (nSPS) is 20.2. The Labute approximate surface area is 153 Å². The largest absolute Gasteiger partial charge is 0.370 e. The number of nitrogens with two attached hydrogens (primary N) is 1. The van der Waals surface area contributed by atoms with Crippen LogP contribution in [0.4, 0.5) is 0 Å². The number of hydrogen-bond acceptors (Lipinski definition) is 3. The van der Waals surface area contributed by atoms with Crippen LogP contribution in [0.2, 0.25) is 0 Å². The maximum atomic E-state index is 6.15. The highest BCUT2D eigenvalue weighted by Crippen LogP contribution is 2.20. The van der Waals surface area contributed by atoms with Gasteiger partial charge in [0.05, 0.1) is 12.6 Å². The van der Waals surface area contributed by atoms with E-state index in [2.05, 4.69) is 71.2 Å². The number of rotatable bonds is 9. The summed E-state index contributed by atoms with van der Waals surface area (Å²) in [7, 11) is 0. The quantitative estimate of drug-likeness (QED) is 0.533. The van der Waals surface area contributed by atoms with Crippen LogP contribution in [0.5, 0.6) is 0 Å². The molecule has 25 heavy (non-hydrogen) atoms. The molecule has 140 valence electrons. The van der Waals surface area contributed by atoms with Gasteiger partial charge in [0, 0.05) is 12.6 Å². The number of nitrogens with zero attached hydrogens (tertiary/aromatic N) is 3. The number of likely N-dealkylation sites (tertiary alicyclic amines) is 1. The number of nitrogens with one attached hydrogen (secondary N) is 1. The van der Waals surface area contributed by atoms with E-state index in [9.17, 15) is 0 Å². The van der Waals surface area contributed by atoms with Crippen LogP contribution in [0, 0.1) is 0 Å². The molecule has 0 bridgehead atoms. The maximum absolute atomic E-state index is 6.15. The molecule has 1 aliphatic rings. The first-order valence-corrected chi connectivity index (χ1v) is 9.76. The van der Waals surface area contributed by atoms with Crippen molar-refractivity contribution in [3.63, 3.8) is 0 Å². The average molecular weight is 346 g/mol. The van der Waals surface area contributed by atoms with Crippen LogP contribution >= 0.6 is 0 Å². The standard InChI is InChI=1S/C20H35N5/c1-4-24(5-2)19(17-11-8-7-9-12-17)16-23-20(21)22-15-18-13-10-14-25(18)6-3/h7-9,11-12,18-19H,4-6,10,13-16H2,1-3H3,(H3,21,22,23). The van der Waals surface area contributed by atoms with Gasteiger partial charge in [0.15, 0.2) is 5.96 Å². The summed E-state index contributed by atoms with van der Waals surface area (Å²) < 4.78 is 0. The first kappa shape index (κ1) is 19.7. The summed E-state index contributed by atoms with van der Waals surface area (Å²) >= 11 is 0. The smallest absolute Gasteiger partial charge is 0.188 e. The van der Waals surface area contributed by atoms with E-state index in [4.69, 9.17) is 5.73 Å². The van der Waals surface area contributed by atoms with Crippen molar-refractivity contribution in [2.75, 3.05) is 39.3 Å². The summed E-state index contributed by atoms with van der Waals surface area (Å²) in [5, 5.41) is 3.34. The highest BCUT2D eigenvalue weighted by molar-refractivity contribution is 5.77. The lowest BCUT2D eigenvalue weighted by Crippen LogP contribution is -2.43. The molecule has 1 aliphatic heterocycles. The van der Waals surface area contributed by atoms with Gasteiger partial charge in [-0.15, -0.1) is 0 Å². The highest BCUT2D eigenvalue weighted by atomic mass is 15.2. The van der Waals surface area contributed by atoms with Crippen molar-refractivity contribution in [2.45, 2.75) is 45.7 Å². The Balaban J connectivity index is 1.94. The molecule has 0 aliphatic carbocycles. The van der Waals surface area contributed by atoms with Crippen LogP contribution in [0.1, 0.15) is 45.2 Å². The van der Waals surface area contributed by atoms with E-state index in [1.807, 2.05) is 0 Å². The molecule has 1 saturated heterocycles. The predicted octanol–water partition coefficient (Wildman–Crippen LogP) is 2.46. The average Bonchev–Trinajstić information content (AvgIpc) is 3.11. The lowest BCUT2D eigenvalue weighted by atomic mass is 10.1. The van der Waals surface area contributed by atoms with Crippen LogP contribution in [0.15, 0.2) is 35.3 Å². The van der Waals surface area contributed by atoms with Gasteiger partial charge in [-0.1, -0.05) is 51.1 Å². The van der Waals surface area contributed by atoms with E-state index >= 15 is 0 Å². The van der Waals surface area contributed by atoms with Gasteiger partial charge in [-0.2, -0.15) is 0 Å². The number of guanidine groups is 1. The van der Waals surface area contributed by atoms with E-state index in [1.54, 1.807) is 0 Å². The Morgan fingerprint density at radius 3 is 2.64 bits per heavy atom. The Hall–Kier alpha value is -1.59. The minimum absolute atomic E-state index is 0.273. The summed E-state index contributed by atoms with van der Waals surface area (Å²) in [5.74, 6) is 0.566. The minimum atomic E-state index is 0.273. The van der Waals surface area contributed by atoms with Gasteiger partial charge in [0.1, 0.15) is 0 Å². The van der Waals surface area contributed by atoms with Crippen molar-refractivity contribution in [3.8, 4) is 0 Å². The molecule has 0 spiro atoms. The molecule has 2 rings (SSSR count). The van der Waals surface area contributed by atoms with E-state index in [-0.39, 0.29) is 6.04 Å². The van der Waals surface area contributed by atoms with Crippen molar-refractivity contribution in [2.24, 2.45) is 10.7 Å². The fourth-order valence-corrected chi connectivity index (χ4v) is 3.78. The topological polar surface area (TPSA) is 56.9 Å². The number of benzene rings is 1. The molecule has 5 nitrogen and oxygen atoms in total. The van der Waals surface area contributed by atoms with E-state index in [0.29, 0.717) is 18.5 Å². The zero-order chi connectivity index (χ0) is 18.1. The van der Waals surface area contributed by atoms with Gasteiger partial charge in [0.25, 0.3) is 0 Å². The summed E-state index contributed by atoms with van der Waals surface area (Å²) in [6, 6.07) is 11.5.